The Kier molecular flexibility index (Phi) is 10.5. The predicted molar refractivity (Wildman–Crippen MR) is 146 cm³/mol. The molecule has 2 atom stereocenters. The van der Waals surface area contributed by atoms with E-state index in [-0.39, 0.29) is 0 Å². The number of rotatable bonds is 12. The quantitative estimate of drug-likeness (QED) is 0.280. The molecule has 0 N–H and O–H groups in total. The molecule has 2 aromatic rings. The SMILES string of the molecule is CCCC(C)(C#N)N=NC(C)(C#N)CCCc1cccc(C(C)C)c1N=Nc1ccccc1C(C)C. The number of hydrogen-bond acceptors (Lipinski definition) is 6. The first kappa shape index (κ1) is 28.9. The summed E-state index contributed by atoms with van der Waals surface area (Å²) in [6, 6.07) is 18.9. The summed E-state index contributed by atoms with van der Waals surface area (Å²) >= 11 is 0. The smallest absolute Gasteiger partial charge is 0.164 e. The van der Waals surface area contributed by atoms with E-state index in [4.69, 9.17) is 5.11 Å². The summed E-state index contributed by atoms with van der Waals surface area (Å²) in [6.45, 7) is 14.2. The number of aryl methyl sites for hydroxylation is 1. The molecule has 6 heteroatoms. The summed E-state index contributed by atoms with van der Waals surface area (Å²) in [4.78, 5) is 0. The van der Waals surface area contributed by atoms with Gasteiger partial charge in [-0.25, -0.2) is 0 Å². The van der Waals surface area contributed by atoms with Gasteiger partial charge in [0.1, 0.15) is 0 Å². The molecule has 0 heterocycles. The summed E-state index contributed by atoms with van der Waals surface area (Å²) in [5, 5.41) is 37.3. The molecule has 6 nitrogen and oxygen atoms in total. The fraction of sp³-hybridized carbons (Fsp3) is 0.533. The van der Waals surface area contributed by atoms with Crippen LogP contribution in [0.4, 0.5) is 11.4 Å². The van der Waals surface area contributed by atoms with Crippen molar-refractivity contribution in [1.82, 2.24) is 0 Å². The molecule has 0 aliphatic carbocycles. The fourth-order valence-electron chi connectivity index (χ4n) is 4.16. The molecular weight excluding hydrogens is 444 g/mol. The Balaban J connectivity index is 2.28. The van der Waals surface area contributed by atoms with Crippen molar-refractivity contribution in [2.45, 2.75) is 103 Å². The summed E-state index contributed by atoms with van der Waals surface area (Å²) in [7, 11) is 0. The van der Waals surface area contributed by atoms with Crippen LogP contribution < -0.4 is 0 Å². The molecule has 0 saturated heterocycles. The van der Waals surface area contributed by atoms with E-state index < -0.39 is 11.1 Å². The van der Waals surface area contributed by atoms with Gasteiger partial charge >= 0.3 is 0 Å². The van der Waals surface area contributed by atoms with Crippen LogP contribution in [-0.4, -0.2) is 11.1 Å². The number of nitrogens with zero attached hydrogens (tertiary/aromatic N) is 6. The Bertz CT molecular complexity index is 1150. The number of benzene rings is 2. The Morgan fingerprint density at radius 1 is 0.778 bits per heavy atom. The van der Waals surface area contributed by atoms with Crippen molar-refractivity contribution in [3.8, 4) is 12.1 Å². The monoisotopic (exact) mass is 484 g/mol. The van der Waals surface area contributed by atoms with Crippen molar-refractivity contribution in [2.75, 3.05) is 0 Å². The molecule has 0 aromatic heterocycles. The molecule has 2 rings (SSSR count). The van der Waals surface area contributed by atoms with E-state index in [1.54, 1.807) is 13.8 Å². The van der Waals surface area contributed by atoms with Gasteiger partial charge in [-0.2, -0.15) is 25.9 Å². The van der Waals surface area contributed by atoms with Gasteiger partial charge in [-0.05, 0) is 74.1 Å². The van der Waals surface area contributed by atoms with Crippen LogP contribution in [-0.2, 0) is 6.42 Å². The highest BCUT2D eigenvalue weighted by molar-refractivity contribution is 5.55. The Hall–Kier alpha value is -3.38. The van der Waals surface area contributed by atoms with Crippen molar-refractivity contribution < 1.29 is 0 Å². The highest BCUT2D eigenvalue weighted by Gasteiger charge is 2.27. The largest absolute Gasteiger partial charge is 0.196 e. The second-order valence-electron chi connectivity index (χ2n) is 10.5. The average molecular weight is 485 g/mol. The molecule has 0 aliphatic heterocycles. The van der Waals surface area contributed by atoms with Crippen LogP contribution >= 0.6 is 0 Å². The third-order valence-corrected chi connectivity index (χ3v) is 6.41. The summed E-state index contributed by atoms with van der Waals surface area (Å²) in [6.07, 6.45) is 3.48. The van der Waals surface area contributed by atoms with E-state index in [1.807, 2.05) is 25.1 Å². The molecule has 190 valence electrons. The zero-order chi connectivity index (χ0) is 26.8. The molecule has 0 amide bonds. The van der Waals surface area contributed by atoms with Crippen LogP contribution in [0.5, 0.6) is 0 Å². The standard InChI is InChI=1S/C30H40N6/c1-8-18-29(6,20-31)35-36-30(7,21-32)19-12-14-24-13-11-16-26(23(4)5)28(24)34-33-27-17-10-9-15-25(27)22(2)3/h9-11,13,15-17,22-23H,8,12,14,18-19H2,1-7H3. The number of azo groups is 2. The van der Waals surface area contributed by atoms with Crippen LogP contribution in [0, 0.1) is 22.7 Å². The minimum atomic E-state index is -0.973. The van der Waals surface area contributed by atoms with Gasteiger partial charge in [0.15, 0.2) is 11.1 Å². The molecule has 0 aliphatic rings. The normalized spacial score (nSPS) is 15.2. The topological polar surface area (TPSA) is 97.0 Å². The van der Waals surface area contributed by atoms with Crippen LogP contribution in [0.1, 0.15) is 103 Å². The predicted octanol–water partition coefficient (Wildman–Crippen LogP) is 9.49. The van der Waals surface area contributed by atoms with E-state index in [9.17, 15) is 10.5 Å². The molecule has 2 unspecified atom stereocenters. The van der Waals surface area contributed by atoms with Gasteiger partial charge in [-0.1, -0.05) is 77.4 Å². The van der Waals surface area contributed by atoms with Gasteiger partial charge in [0, 0.05) is 0 Å². The minimum absolute atomic E-state index is 0.305. The van der Waals surface area contributed by atoms with Crippen molar-refractivity contribution in [3.63, 3.8) is 0 Å². The molecule has 36 heavy (non-hydrogen) atoms. The van der Waals surface area contributed by atoms with Gasteiger partial charge in [0.05, 0.1) is 23.5 Å². The van der Waals surface area contributed by atoms with Crippen molar-refractivity contribution in [3.05, 3.63) is 59.2 Å². The molecular formula is C30H40N6. The lowest BCUT2D eigenvalue weighted by molar-refractivity contribution is 0.441. The van der Waals surface area contributed by atoms with Gasteiger partial charge in [0.25, 0.3) is 0 Å². The Labute approximate surface area is 217 Å². The van der Waals surface area contributed by atoms with Gasteiger partial charge < -0.3 is 0 Å². The van der Waals surface area contributed by atoms with Crippen molar-refractivity contribution in [2.24, 2.45) is 20.5 Å². The van der Waals surface area contributed by atoms with Crippen molar-refractivity contribution in [1.29, 1.82) is 10.5 Å². The van der Waals surface area contributed by atoms with Gasteiger partial charge in [-0.15, -0.1) is 5.11 Å². The van der Waals surface area contributed by atoms with Gasteiger partial charge in [0.2, 0.25) is 0 Å². The van der Waals surface area contributed by atoms with E-state index in [1.165, 1.54) is 5.56 Å². The van der Waals surface area contributed by atoms with Crippen LogP contribution in [0.25, 0.3) is 0 Å². The zero-order valence-electron chi connectivity index (χ0n) is 22.9. The summed E-state index contributed by atoms with van der Waals surface area (Å²) < 4.78 is 0. The maximum Gasteiger partial charge on any atom is 0.164 e. The Morgan fingerprint density at radius 2 is 1.36 bits per heavy atom. The first-order valence-electron chi connectivity index (χ1n) is 13.0. The first-order chi connectivity index (χ1) is 17.1. The molecule has 0 spiro atoms. The average Bonchev–Trinajstić information content (AvgIpc) is 2.86. The third kappa shape index (κ3) is 7.82. The van der Waals surface area contributed by atoms with Crippen LogP contribution in [0.15, 0.2) is 62.9 Å². The lowest BCUT2D eigenvalue weighted by Gasteiger charge is -2.19. The summed E-state index contributed by atoms with van der Waals surface area (Å²) in [5.74, 6) is 0.664. The summed E-state index contributed by atoms with van der Waals surface area (Å²) in [5.41, 5.74) is 3.38. The van der Waals surface area contributed by atoms with Crippen molar-refractivity contribution >= 4 is 11.4 Å². The van der Waals surface area contributed by atoms with E-state index >= 15 is 0 Å². The molecule has 0 saturated carbocycles. The van der Waals surface area contributed by atoms with Crippen LogP contribution in [0.3, 0.4) is 0 Å². The van der Waals surface area contributed by atoms with E-state index in [0.29, 0.717) is 24.7 Å². The Morgan fingerprint density at radius 3 is 1.94 bits per heavy atom. The maximum atomic E-state index is 9.81. The highest BCUT2D eigenvalue weighted by Crippen LogP contribution is 2.35. The third-order valence-electron chi connectivity index (χ3n) is 6.41. The van der Waals surface area contributed by atoms with E-state index in [0.717, 1.165) is 41.8 Å². The number of hydrogen-bond donors (Lipinski definition) is 0. The second kappa shape index (κ2) is 13.1. The van der Waals surface area contributed by atoms with E-state index in [2.05, 4.69) is 79.4 Å². The number of nitriles is 2. The molecule has 0 fully saturated rings. The first-order valence-corrected chi connectivity index (χ1v) is 13.0. The fourth-order valence-corrected chi connectivity index (χ4v) is 4.16. The zero-order valence-corrected chi connectivity index (χ0v) is 22.9. The highest BCUT2D eigenvalue weighted by atomic mass is 15.2. The lowest BCUT2D eigenvalue weighted by Crippen LogP contribution is -2.23. The molecule has 0 bridgehead atoms. The van der Waals surface area contributed by atoms with Crippen LogP contribution in [0.2, 0.25) is 0 Å². The molecule has 2 aromatic carbocycles. The van der Waals surface area contributed by atoms with Gasteiger partial charge in [-0.3, -0.25) is 0 Å². The lowest BCUT2D eigenvalue weighted by atomic mass is 9.92. The molecule has 0 radical (unpaired) electrons. The minimum Gasteiger partial charge on any atom is -0.196 e. The second-order valence-corrected chi connectivity index (χ2v) is 10.5. The maximum absolute atomic E-state index is 9.81.